The summed E-state index contributed by atoms with van der Waals surface area (Å²) in [6, 6.07) is 0. The summed E-state index contributed by atoms with van der Waals surface area (Å²) >= 11 is 1.58. The Balaban J connectivity index is 3.44. The Bertz CT molecular complexity index is 130. The molecule has 0 aromatic rings. The van der Waals surface area contributed by atoms with Gasteiger partial charge in [0.15, 0.2) is 0 Å². The number of aliphatic hydroxyl groups excluding tert-OH is 1. The topological polar surface area (TPSA) is 78.8 Å². The second-order valence-electron chi connectivity index (χ2n) is 2.22. The molecule has 11 heavy (non-hydrogen) atoms. The molecule has 5 heteroatoms. The van der Waals surface area contributed by atoms with Crippen LogP contribution in [-0.4, -0.2) is 34.3 Å². The smallest absolute Gasteiger partial charge is 0.142 e. The van der Waals surface area contributed by atoms with Gasteiger partial charge in [-0.1, -0.05) is 12.1 Å². The second kappa shape index (κ2) is 6.30. The first kappa shape index (κ1) is 10.6. The fourth-order valence-electron chi connectivity index (χ4n) is 0.509. The molecular weight excluding hydrogens is 164 g/mol. The largest absolute Gasteiger partial charge is 0.409 e. The van der Waals surface area contributed by atoms with E-state index in [1.165, 1.54) is 0 Å². The van der Waals surface area contributed by atoms with Crippen molar-refractivity contribution in [3.05, 3.63) is 0 Å². The van der Waals surface area contributed by atoms with Gasteiger partial charge in [0.25, 0.3) is 0 Å². The molecule has 1 unspecified atom stereocenters. The molecule has 0 aromatic heterocycles. The minimum Gasteiger partial charge on any atom is -0.409 e. The maximum Gasteiger partial charge on any atom is 0.142 e. The van der Waals surface area contributed by atoms with Gasteiger partial charge in [-0.15, -0.1) is 0 Å². The molecule has 4 nitrogen and oxygen atoms in total. The number of nitrogens with zero attached hydrogens (tertiary/aromatic N) is 1. The molecule has 0 aliphatic heterocycles. The van der Waals surface area contributed by atoms with Crippen LogP contribution in [0.1, 0.15) is 6.92 Å². The zero-order valence-corrected chi connectivity index (χ0v) is 7.34. The Morgan fingerprint density at radius 3 is 2.82 bits per heavy atom. The number of rotatable bonds is 5. The highest BCUT2D eigenvalue weighted by molar-refractivity contribution is 7.99. The first-order valence-electron chi connectivity index (χ1n) is 3.38. The van der Waals surface area contributed by atoms with Crippen LogP contribution in [0.5, 0.6) is 0 Å². The van der Waals surface area contributed by atoms with E-state index in [9.17, 15) is 0 Å². The monoisotopic (exact) mass is 178 g/mol. The SMILES string of the molecule is CC(CSCCO)/C(N)=N/O. The van der Waals surface area contributed by atoms with E-state index in [1.54, 1.807) is 11.8 Å². The van der Waals surface area contributed by atoms with Crippen molar-refractivity contribution in [2.45, 2.75) is 6.92 Å². The molecule has 0 aromatic carbocycles. The molecule has 0 radical (unpaired) electrons. The van der Waals surface area contributed by atoms with Gasteiger partial charge in [0.05, 0.1) is 6.61 Å². The third-order valence-corrected chi connectivity index (χ3v) is 2.43. The molecule has 0 saturated heterocycles. The molecule has 0 saturated carbocycles. The summed E-state index contributed by atoms with van der Waals surface area (Å²) in [5.74, 6) is 1.78. The molecule has 1 atom stereocenters. The average molecular weight is 178 g/mol. The Labute approximate surface area is 70.5 Å². The molecule has 0 heterocycles. The van der Waals surface area contributed by atoms with Crippen LogP contribution in [-0.2, 0) is 0 Å². The maximum absolute atomic E-state index is 8.44. The number of oxime groups is 1. The highest BCUT2D eigenvalue weighted by Gasteiger charge is 2.06. The van der Waals surface area contributed by atoms with Gasteiger partial charge >= 0.3 is 0 Å². The van der Waals surface area contributed by atoms with E-state index < -0.39 is 0 Å². The fourth-order valence-corrected chi connectivity index (χ4v) is 1.33. The predicted molar refractivity (Wildman–Crippen MR) is 47.0 cm³/mol. The molecule has 66 valence electrons. The van der Waals surface area contributed by atoms with Gasteiger partial charge in [-0.3, -0.25) is 0 Å². The van der Waals surface area contributed by atoms with Crippen molar-refractivity contribution in [3.8, 4) is 0 Å². The van der Waals surface area contributed by atoms with Crippen molar-refractivity contribution >= 4 is 17.6 Å². The van der Waals surface area contributed by atoms with Crippen molar-refractivity contribution < 1.29 is 10.3 Å². The van der Waals surface area contributed by atoms with Crippen molar-refractivity contribution in [3.63, 3.8) is 0 Å². The van der Waals surface area contributed by atoms with E-state index in [2.05, 4.69) is 5.16 Å². The second-order valence-corrected chi connectivity index (χ2v) is 3.37. The van der Waals surface area contributed by atoms with Gasteiger partial charge < -0.3 is 16.0 Å². The van der Waals surface area contributed by atoms with Gasteiger partial charge in [0.1, 0.15) is 5.84 Å². The number of thioether (sulfide) groups is 1. The van der Waals surface area contributed by atoms with Crippen molar-refractivity contribution in [1.29, 1.82) is 0 Å². The van der Waals surface area contributed by atoms with Gasteiger partial charge in [-0.2, -0.15) is 11.8 Å². The lowest BCUT2D eigenvalue weighted by molar-refractivity contribution is 0.315. The summed E-state index contributed by atoms with van der Waals surface area (Å²) in [7, 11) is 0. The van der Waals surface area contributed by atoms with Crippen LogP contribution in [0.15, 0.2) is 5.16 Å². The molecule has 0 aliphatic rings. The summed E-state index contributed by atoms with van der Waals surface area (Å²) in [5, 5.41) is 19.6. The summed E-state index contributed by atoms with van der Waals surface area (Å²) in [5.41, 5.74) is 5.32. The van der Waals surface area contributed by atoms with Crippen LogP contribution in [0.3, 0.4) is 0 Å². The normalized spacial score (nSPS) is 14.9. The molecule has 0 fully saturated rings. The molecular formula is C6H14N2O2S. The predicted octanol–water partition coefficient (Wildman–Crippen LogP) is 0.0944. The molecule has 0 bridgehead atoms. The molecule has 0 amide bonds. The van der Waals surface area contributed by atoms with Crippen LogP contribution < -0.4 is 5.73 Å². The number of nitrogens with two attached hydrogens (primary N) is 1. The molecule has 0 spiro atoms. The minimum atomic E-state index is 0.0662. The number of hydrogen-bond acceptors (Lipinski definition) is 4. The van der Waals surface area contributed by atoms with Crippen LogP contribution in [0.2, 0.25) is 0 Å². The summed E-state index contributed by atoms with van der Waals surface area (Å²) in [4.78, 5) is 0. The Morgan fingerprint density at radius 2 is 2.36 bits per heavy atom. The van der Waals surface area contributed by atoms with Gasteiger partial charge in [0, 0.05) is 17.4 Å². The van der Waals surface area contributed by atoms with E-state index in [-0.39, 0.29) is 18.4 Å². The quantitative estimate of drug-likeness (QED) is 0.183. The van der Waals surface area contributed by atoms with E-state index in [0.717, 1.165) is 5.75 Å². The first-order chi connectivity index (χ1) is 5.22. The summed E-state index contributed by atoms with van der Waals surface area (Å²) in [6.45, 7) is 2.05. The van der Waals surface area contributed by atoms with Crippen molar-refractivity contribution in [1.82, 2.24) is 0 Å². The summed E-state index contributed by atoms with van der Waals surface area (Å²) < 4.78 is 0. The first-order valence-corrected chi connectivity index (χ1v) is 4.53. The molecule has 0 rings (SSSR count). The third kappa shape index (κ3) is 4.92. The van der Waals surface area contributed by atoms with E-state index in [1.807, 2.05) is 6.92 Å². The Kier molecular flexibility index (Phi) is 6.06. The van der Waals surface area contributed by atoms with Crippen LogP contribution in [0, 0.1) is 5.92 Å². The Hall–Kier alpha value is -0.420. The summed E-state index contributed by atoms with van der Waals surface area (Å²) in [6.07, 6.45) is 0. The van der Waals surface area contributed by atoms with Crippen LogP contribution in [0.4, 0.5) is 0 Å². The fraction of sp³-hybridized carbons (Fsp3) is 0.833. The lowest BCUT2D eigenvalue weighted by Gasteiger charge is -2.07. The maximum atomic E-state index is 8.44. The lowest BCUT2D eigenvalue weighted by atomic mass is 10.2. The van der Waals surface area contributed by atoms with Crippen molar-refractivity contribution in [2.75, 3.05) is 18.1 Å². The number of hydrogen-bond donors (Lipinski definition) is 3. The van der Waals surface area contributed by atoms with E-state index in [0.29, 0.717) is 5.75 Å². The Morgan fingerprint density at radius 1 is 1.73 bits per heavy atom. The number of aliphatic hydroxyl groups is 1. The molecule has 4 N–H and O–H groups in total. The highest BCUT2D eigenvalue weighted by atomic mass is 32.2. The average Bonchev–Trinajstić information content (AvgIpc) is 2.03. The van der Waals surface area contributed by atoms with Crippen LogP contribution >= 0.6 is 11.8 Å². The number of amidine groups is 1. The third-order valence-electron chi connectivity index (χ3n) is 1.22. The standard InChI is InChI=1S/C6H14N2O2S/c1-5(6(7)8-10)4-11-3-2-9/h5,9-10H,2-4H2,1H3,(H2,7,8). The van der Waals surface area contributed by atoms with Gasteiger partial charge in [0.2, 0.25) is 0 Å². The van der Waals surface area contributed by atoms with Gasteiger partial charge in [-0.25, -0.2) is 0 Å². The molecule has 0 aliphatic carbocycles. The van der Waals surface area contributed by atoms with Crippen LogP contribution in [0.25, 0.3) is 0 Å². The van der Waals surface area contributed by atoms with E-state index >= 15 is 0 Å². The van der Waals surface area contributed by atoms with E-state index in [4.69, 9.17) is 16.0 Å². The minimum absolute atomic E-state index is 0.0662. The van der Waals surface area contributed by atoms with Crippen molar-refractivity contribution in [2.24, 2.45) is 16.8 Å². The van der Waals surface area contributed by atoms with Gasteiger partial charge in [-0.05, 0) is 0 Å². The highest BCUT2D eigenvalue weighted by Crippen LogP contribution is 2.07. The zero-order valence-electron chi connectivity index (χ0n) is 6.53. The zero-order chi connectivity index (χ0) is 8.69. The lowest BCUT2D eigenvalue weighted by Crippen LogP contribution is -2.23.